The van der Waals surface area contributed by atoms with Crippen molar-refractivity contribution in [3.8, 4) is 0 Å². The molecule has 0 radical (unpaired) electrons. The van der Waals surface area contributed by atoms with Crippen molar-refractivity contribution in [2.45, 2.75) is 23.9 Å². The Bertz CT molecular complexity index is 287. The van der Waals surface area contributed by atoms with Crippen molar-refractivity contribution in [2.75, 3.05) is 0 Å². The van der Waals surface area contributed by atoms with Gasteiger partial charge < -0.3 is 26.5 Å². The summed E-state index contributed by atoms with van der Waals surface area (Å²) in [5, 5.41) is 29.0. The number of rotatable bonds is 7. The van der Waals surface area contributed by atoms with E-state index < -0.39 is 23.9 Å². The lowest BCUT2D eigenvalue weighted by Crippen LogP contribution is -2.61. The minimum atomic E-state index is -1.64. The summed E-state index contributed by atoms with van der Waals surface area (Å²) in [6.07, 6.45) is -0.129. The van der Waals surface area contributed by atoms with Crippen LogP contribution in [0.15, 0.2) is 50.1 Å². The van der Waals surface area contributed by atoms with E-state index >= 15 is 0 Å². The minimum Gasteiger partial charge on any atom is -0.412 e. The SMILES string of the molecule is C=CC(O)C(=C)C(N)(C(O)C=C)C(O)C=C.O. The maximum Gasteiger partial charge on any atom is 0.0993 e. The van der Waals surface area contributed by atoms with Crippen LogP contribution in [-0.4, -0.2) is 44.6 Å². The van der Waals surface area contributed by atoms with Crippen molar-refractivity contribution in [1.29, 1.82) is 0 Å². The second-order valence-corrected chi connectivity index (χ2v) is 3.50. The third-order valence-electron chi connectivity index (χ3n) is 2.56. The fourth-order valence-electron chi connectivity index (χ4n) is 1.34. The van der Waals surface area contributed by atoms with E-state index in [0.29, 0.717) is 0 Å². The lowest BCUT2D eigenvalue weighted by Gasteiger charge is -2.38. The van der Waals surface area contributed by atoms with Gasteiger partial charge in [-0.05, 0) is 5.57 Å². The van der Waals surface area contributed by atoms with Crippen molar-refractivity contribution >= 4 is 0 Å². The van der Waals surface area contributed by atoms with Gasteiger partial charge in [0.05, 0.1) is 23.9 Å². The normalized spacial score (nSPS) is 18.8. The van der Waals surface area contributed by atoms with Crippen LogP contribution in [0.3, 0.4) is 0 Å². The van der Waals surface area contributed by atoms with E-state index in [9.17, 15) is 15.3 Å². The van der Waals surface area contributed by atoms with Crippen molar-refractivity contribution in [1.82, 2.24) is 0 Å². The van der Waals surface area contributed by atoms with Crippen LogP contribution < -0.4 is 5.73 Å². The second kappa shape index (κ2) is 7.16. The maximum absolute atomic E-state index is 9.74. The predicted octanol–water partition coefficient (Wildman–Crippen LogP) is -0.944. The average Bonchev–Trinajstić information content (AvgIpc) is 2.33. The van der Waals surface area contributed by atoms with Gasteiger partial charge in [0, 0.05) is 0 Å². The van der Waals surface area contributed by atoms with Gasteiger partial charge in [-0.3, -0.25) is 0 Å². The van der Waals surface area contributed by atoms with Crippen LogP contribution >= 0.6 is 0 Å². The van der Waals surface area contributed by atoms with Gasteiger partial charge in [-0.2, -0.15) is 0 Å². The highest BCUT2D eigenvalue weighted by Gasteiger charge is 2.42. The van der Waals surface area contributed by atoms with Crippen molar-refractivity contribution in [3.05, 3.63) is 50.1 Å². The summed E-state index contributed by atoms with van der Waals surface area (Å²) in [7, 11) is 0. The molecule has 0 fully saturated rings. The minimum absolute atomic E-state index is 0. The van der Waals surface area contributed by atoms with Crippen molar-refractivity contribution in [3.63, 3.8) is 0 Å². The van der Waals surface area contributed by atoms with Crippen molar-refractivity contribution in [2.24, 2.45) is 5.73 Å². The van der Waals surface area contributed by atoms with E-state index in [4.69, 9.17) is 5.73 Å². The van der Waals surface area contributed by atoms with E-state index in [2.05, 4.69) is 26.3 Å². The molecule has 5 heteroatoms. The summed E-state index contributed by atoms with van der Waals surface area (Å²) in [5.74, 6) is 0. The zero-order chi connectivity index (χ0) is 12.9. The Morgan fingerprint density at radius 2 is 1.35 bits per heavy atom. The molecular weight excluding hydrogens is 222 g/mol. The molecule has 0 rings (SSSR count). The zero-order valence-electron chi connectivity index (χ0n) is 9.71. The highest BCUT2D eigenvalue weighted by Crippen LogP contribution is 2.26. The van der Waals surface area contributed by atoms with E-state index in [1.54, 1.807) is 0 Å². The molecule has 0 spiro atoms. The van der Waals surface area contributed by atoms with E-state index in [-0.39, 0.29) is 11.0 Å². The van der Waals surface area contributed by atoms with E-state index in [0.717, 1.165) is 12.2 Å². The molecule has 0 aliphatic heterocycles. The largest absolute Gasteiger partial charge is 0.412 e. The topological polar surface area (TPSA) is 118 Å². The molecule has 3 unspecified atom stereocenters. The fraction of sp³-hybridized carbons (Fsp3) is 0.333. The fourth-order valence-corrected chi connectivity index (χ4v) is 1.34. The molecule has 0 aromatic carbocycles. The first-order valence-electron chi connectivity index (χ1n) is 4.76. The number of aliphatic hydroxyl groups excluding tert-OH is 3. The van der Waals surface area contributed by atoms with Crippen LogP contribution in [0, 0.1) is 0 Å². The number of nitrogens with two attached hydrogens (primary N) is 1. The van der Waals surface area contributed by atoms with Gasteiger partial charge in [0.25, 0.3) is 0 Å². The molecule has 98 valence electrons. The summed E-state index contributed by atoms with van der Waals surface area (Å²) in [6, 6.07) is 0. The Hall–Kier alpha value is -1.24. The summed E-state index contributed by atoms with van der Waals surface area (Å²) in [5.41, 5.74) is 4.28. The molecule has 17 heavy (non-hydrogen) atoms. The van der Waals surface area contributed by atoms with Crippen molar-refractivity contribution < 1.29 is 20.8 Å². The molecule has 0 heterocycles. The highest BCUT2D eigenvalue weighted by molar-refractivity contribution is 5.32. The summed E-state index contributed by atoms with van der Waals surface area (Å²) >= 11 is 0. The van der Waals surface area contributed by atoms with Gasteiger partial charge in [0.15, 0.2) is 0 Å². The molecule has 0 aliphatic carbocycles. The highest BCUT2D eigenvalue weighted by atomic mass is 16.3. The van der Waals surface area contributed by atoms with Gasteiger partial charge in [0.2, 0.25) is 0 Å². The third-order valence-corrected chi connectivity index (χ3v) is 2.56. The first-order chi connectivity index (χ1) is 7.35. The molecule has 0 saturated heterocycles. The smallest absolute Gasteiger partial charge is 0.0993 e. The lowest BCUT2D eigenvalue weighted by atomic mass is 9.78. The molecule has 0 amide bonds. The third kappa shape index (κ3) is 3.36. The molecule has 5 nitrogen and oxygen atoms in total. The first kappa shape index (κ1) is 18.1. The Morgan fingerprint density at radius 1 is 1.00 bits per heavy atom. The van der Waals surface area contributed by atoms with Gasteiger partial charge in [-0.25, -0.2) is 0 Å². The number of hydrogen-bond donors (Lipinski definition) is 4. The second-order valence-electron chi connectivity index (χ2n) is 3.50. The Balaban J connectivity index is 0. The van der Waals surface area contributed by atoms with Crippen LogP contribution in [0.5, 0.6) is 0 Å². The Labute approximate surface area is 101 Å². The molecule has 0 aliphatic rings. The van der Waals surface area contributed by atoms with Crippen LogP contribution in [0.25, 0.3) is 0 Å². The van der Waals surface area contributed by atoms with Gasteiger partial charge in [0.1, 0.15) is 0 Å². The first-order valence-corrected chi connectivity index (χ1v) is 4.76. The summed E-state index contributed by atoms with van der Waals surface area (Å²) in [6.45, 7) is 13.7. The maximum atomic E-state index is 9.74. The monoisotopic (exact) mass is 243 g/mol. The predicted molar refractivity (Wildman–Crippen MR) is 68.3 cm³/mol. The molecule has 0 aromatic rings. The number of hydrogen-bond acceptors (Lipinski definition) is 4. The van der Waals surface area contributed by atoms with Crippen LogP contribution in [0.4, 0.5) is 0 Å². The zero-order valence-corrected chi connectivity index (χ0v) is 9.71. The average molecular weight is 243 g/mol. The standard InChI is InChI=1S/C12H19NO3.H2O/c1-5-9(14)8(4)12(13,10(15)6-2)11(16)7-3;/h5-7,9-11,14-16H,1-4,13H2;1H2. The van der Waals surface area contributed by atoms with E-state index in [1.165, 1.54) is 6.08 Å². The molecule has 0 bridgehead atoms. The van der Waals surface area contributed by atoms with Crippen LogP contribution in [0.2, 0.25) is 0 Å². The number of aliphatic hydroxyl groups is 3. The molecule has 0 saturated carbocycles. The molecule has 7 N–H and O–H groups in total. The van der Waals surface area contributed by atoms with Gasteiger partial charge in [-0.1, -0.05) is 24.8 Å². The molecular formula is C12H21NO4. The lowest BCUT2D eigenvalue weighted by molar-refractivity contribution is 0.0467. The van der Waals surface area contributed by atoms with Crippen LogP contribution in [0.1, 0.15) is 0 Å². The van der Waals surface area contributed by atoms with Gasteiger partial charge in [-0.15, -0.1) is 19.7 Å². The Kier molecular flexibility index (Phi) is 7.63. The quantitative estimate of drug-likeness (QED) is 0.431. The summed E-state index contributed by atoms with van der Waals surface area (Å²) < 4.78 is 0. The van der Waals surface area contributed by atoms with Gasteiger partial charge >= 0.3 is 0 Å². The van der Waals surface area contributed by atoms with E-state index in [1.807, 2.05) is 0 Å². The molecule has 0 aromatic heterocycles. The Morgan fingerprint density at radius 3 is 1.59 bits per heavy atom. The van der Waals surface area contributed by atoms with Crippen LogP contribution in [-0.2, 0) is 0 Å². The molecule has 3 atom stereocenters. The summed E-state index contributed by atoms with van der Waals surface area (Å²) in [4.78, 5) is 0.